The minimum absolute atomic E-state index is 0.109. The molecule has 0 saturated carbocycles. The molecule has 8 nitrogen and oxygen atoms in total. The number of likely N-dealkylation sites (N-methyl/N-ethyl adjacent to an activating group) is 1. The molecule has 0 aromatic carbocycles. The van der Waals surface area contributed by atoms with E-state index in [1.54, 1.807) is 7.05 Å². The molecule has 0 heterocycles. The second-order valence-corrected chi connectivity index (χ2v) is 6.43. The number of hydrogen-bond donors (Lipinski definition) is 5. The summed E-state index contributed by atoms with van der Waals surface area (Å²) in [5.41, 5.74) is 0. The van der Waals surface area contributed by atoms with E-state index in [2.05, 4.69) is 17.2 Å². The van der Waals surface area contributed by atoms with E-state index in [4.69, 9.17) is 14.7 Å². The number of urea groups is 1. The average Bonchev–Trinajstić information content (AvgIpc) is 2.37. The Kier molecular flexibility index (Phi) is 9.07. The number of carbonyl (C=O) groups is 2. The maximum absolute atomic E-state index is 11.3. The quantitative estimate of drug-likeness (QED) is 0.216. The monoisotopic (exact) mass is 309 g/mol. The second kappa shape index (κ2) is 9.66. The first kappa shape index (κ1) is 18.8. The zero-order chi connectivity index (χ0) is 15.6. The Morgan fingerprint density at radius 3 is 2.25 bits per heavy atom. The van der Waals surface area contributed by atoms with Gasteiger partial charge in [0.15, 0.2) is 0 Å². The summed E-state index contributed by atoms with van der Waals surface area (Å²) in [7, 11) is -2.35. The molecule has 0 saturated heterocycles. The Morgan fingerprint density at radius 2 is 1.75 bits per heavy atom. The van der Waals surface area contributed by atoms with Crippen molar-refractivity contribution in [3.63, 3.8) is 0 Å². The van der Waals surface area contributed by atoms with Crippen molar-refractivity contribution in [1.29, 1.82) is 0 Å². The molecule has 5 N–H and O–H groups in total. The molecule has 118 valence electrons. The van der Waals surface area contributed by atoms with Crippen molar-refractivity contribution >= 4 is 19.9 Å². The van der Waals surface area contributed by atoms with Crippen LogP contribution in [0.2, 0.25) is 0 Å². The van der Waals surface area contributed by atoms with E-state index >= 15 is 0 Å². The molecule has 20 heavy (non-hydrogen) atoms. The van der Waals surface area contributed by atoms with Gasteiger partial charge in [0.25, 0.3) is 0 Å². The molecule has 0 bridgehead atoms. The molecule has 9 heteroatoms. The number of rotatable bonds is 9. The van der Waals surface area contributed by atoms with Crippen LogP contribution in [0.3, 0.4) is 0 Å². The van der Waals surface area contributed by atoms with Crippen LogP contribution < -0.4 is 10.6 Å². The van der Waals surface area contributed by atoms with Gasteiger partial charge in [0.05, 0.1) is 0 Å². The Labute approximate surface area is 119 Å². The molecule has 0 fully saturated rings. The summed E-state index contributed by atoms with van der Waals surface area (Å²) in [6.07, 6.45) is 2.03. The van der Waals surface area contributed by atoms with Gasteiger partial charge in [-0.15, -0.1) is 0 Å². The number of hydrogen-bond acceptors (Lipinski definition) is 5. The first-order valence-corrected chi connectivity index (χ1v) is 8.37. The van der Waals surface area contributed by atoms with Crippen molar-refractivity contribution in [3.05, 3.63) is 12.7 Å². The Hall–Kier alpha value is -1.21. The summed E-state index contributed by atoms with van der Waals surface area (Å²) in [5.74, 6) is -0.167. The topological polar surface area (TPSA) is 122 Å². The van der Waals surface area contributed by atoms with Crippen molar-refractivity contribution in [2.75, 3.05) is 32.8 Å². The van der Waals surface area contributed by atoms with Gasteiger partial charge in [0, 0.05) is 0 Å². The maximum atomic E-state index is 11.3. The Morgan fingerprint density at radius 1 is 1.20 bits per heavy atom. The number of amides is 3. The van der Waals surface area contributed by atoms with E-state index in [-0.39, 0.29) is 24.6 Å². The first-order valence-electron chi connectivity index (χ1n) is 6.32. The third-order valence-corrected chi connectivity index (χ3v) is 3.51. The normalized spacial score (nSPS) is 11.6. The van der Waals surface area contributed by atoms with Crippen molar-refractivity contribution in [1.82, 2.24) is 15.5 Å². The molecule has 0 unspecified atom stereocenters. The third-order valence-electron chi connectivity index (χ3n) is 2.48. The van der Waals surface area contributed by atoms with Gasteiger partial charge in [-0.05, 0) is 0 Å². The molecule has 0 aromatic heterocycles. The van der Waals surface area contributed by atoms with Crippen molar-refractivity contribution in [3.8, 4) is 0 Å². The predicted octanol–water partition coefficient (Wildman–Crippen LogP) is -0.818. The van der Waals surface area contributed by atoms with Crippen LogP contribution in [0.15, 0.2) is 12.7 Å². The molecule has 0 aromatic rings. The van der Waals surface area contributed by atoms with Crippen LogP contribution in [-0.2, 0) is 4.79 Å². The molecule has 3 amide bonds. The van der Waals surface area contributed by atoms with E-state index in [0.29, 0.717) is 25.9 Å². The summed E-state index contributed by atoms with van der Waals surface area (Å²) in [6.45, 7) is 4.55. The third kappa shape index (κ3) is 10.7. The predicted molar refractivity (Wildman–Crippen MR) is 78.3 cm³/mol. The van der Waals surface area contributed by atoms with Gasteiger partial charge < -0.3 is 0 Å². The van der Waals surface area contributed by atoms with E-state index in [1.807, 2.05) is 0 Å². The van der Waals surface area contributed by atoms with Crippen LogP contribution >= 0.6 is 7.94 Å². The molecule has 0 aliphatic carbocycles. The van der Waals surface area contributed by atoms with Crippen molar-refractivity contribution in [2.24, 2.45) is 0 Å². The molecule has 0 spiro atoms. The van der Waals surface area contributed by atoms with E-state index < -0.39 is 7.94 Å². The SMILES string of the molecule is C=CC(=O)N(C)CCCNC(=O)NCCC[PH](O)(O)O. The number of nitrogens with one attached hydrogen (secondary N) is 2. The Balaban J connectivity index is 3.55. The second-order valence-electron chi connectivity index (χ2n) is 4.38. The summed E-state index contributed by atoms with van der Waals surface area (Å²) < 4.78 is 0. The zero-order valence-corrected chi connectivity index (χ0v) is 12.6. The Bertz CT molecular complexity index is 333. The van der Waals surface area contributed by atoms with Crippen LogP contribution in [0, 0.1) is 0 Å². The van der Waals surface area contributed by atoms with Crippen molar-refractivity contribution in [2.45, 2.75) is 12.8 Å². The van der Waals surface area contributed by atoms with E-state index in [0.717, 1.165) is 0 Å². The number of nitrogens with zero attached hydrogens (tertiary/aromatic N) is 1. The van der Waals surface area contributed by atoms with E-state index in [9.17, 15) is 9.59 Å². The molecular weight excluding hydrogens is 285 g/mol. The summed E-state index contributed by atoms with van der Waals surface area (Å²) in [6, 6.07) is -0.371. The fraction of sp³-hybridized carbons (Fsp3) is 0.636. The first-order chi connectivity index (χ1) is 9.26. The van der Waals surface area contributed by atoms with Gasteiger partial charge in [0.1, 0.15) is 0 Å². The van der Waals surface area contributed by atoms with E-state index in [1.165, 1.54) is 11.0 Å². The number of carbonyl (C=O) groups excluding carboxylic acids is 2. The van der Waals surface area contributed by atoms with Gasteiger partial charge in [-0.1, -0.05) is 6.58 Å². The van der Waals surface area contributed by atoms with Crippen LogP contribution in [-0.4, -0.2) is 64.4 Å². The molecule has 0 rings (SSSR count). The molecule has 0 aliphatic heterocycles. The van der Waals surface area contributed by atoms with Gasteiger partial charge in [-0.3, -0.25) is 0 Å². The van der Waals surface area contributed by atoms with Gasteiger partial charge in [-0.25, -0.2) is 0 Å². The standard InChI is InChI=1S/C11H24N3O5P/c1-3-10(15)14(2)8-4-6-12-11(16)13-7-5-9-20(17,18)19/h3,17-20H,1,4-9H2,2H3,(H2,12,13,16). The van der Waals surface area contributed by atoms with Crippen LogP contribution in [0.25, 0.3) is 0 Å². The minimum atomic E-state index is -4.00. The van der Waals surface area contributed by atoms with Crippen LogP contribution in [0.5, 0.6) is 0 Å². The van der Waals surface area contributed by atoms with Crippen LogP contribution in [0.1, 0.15) is 12.8 Å². The zero-order valence-electron chi connectivity index (χ0n) is 11.6. The fourth-order valence-corrected chi connectivity index (χ4v) is 2.03. The molecule has 0 radical (unpaired) electrons. The van der Waals surface area contributed by atoms with Gasteiger partial charge in [0.2, 0.25) is 0 Å². The fourth-order valence-electron chi connectivity index (χ4n) is 1.37. The molecular formula is C11H24N3O5P. The van der Waals surface area contributed by atoms with Gasteiger partial charge in [-0.2, -0.15) is 0 Å². The van der Waals surface area contributed by atoms with Crippen molar-refractivity contribution < 1.29 is 24.3 Å². The summed E-state index contributed by atoms with van der Waals surface area (Å²) in [4.78, 5) is 50.2. The molecule has 0 aliphatic rings. The summed E-state index contributed by atoms with van der Waals surface area (Å²) in [5, 5.41) is 5.12. The average molecular weight is 309 g/mol. The summed E-state index contributed by atoms with van der Waals surface area (Å²) >= 11 is 0. The van der Waals surface area contributed by atoms with Gasteiger partial charge >= 0.3 is 111 Å². The van der Waals surface area contributed by atoms with Crippen LogP contribution in [0.4, 0.5) is 4.79 Å². The molecule has 0 atom stereocenters.